The number of nitrogens with zero attached hydrogens (tertiary/aromatic N) is 1. The molecule has 0 aliphatic heterocycles. The number of hydrogen-bond donors (Lipinski definition) is 2. The maximum atomic E-state index is 12.9. The summed E-state index contributed by atoms with van der Waals surface area (Å²) in [5, 5.41) is 13.8. The van der Waals surface area contributed by atoms with E-state index in [0.29, 0.717) is 17.4 Å². The lowest BCUT2D eigenvalue weighted by molar-refractivity contribution is -0.870. The molecule has 3 unspecified atom stereocenters. The average molecular weight is 939 g/mol. The number of phosphoric acid groups is 1. The van der Waals surface area contributed by atoms with Gasteiger partial charge in [-0.25, -0.2) is 0 Å². The van der Waals surface area contributed by atoms with Crippen molar-refractivity contribution in [2.75, 3.05) is 40.9 Å². The first kappa shape index (κ1) is 64.0. The summed E-state index contributed by atoms with van der Waals surface area (Å²) in [6, 6.07) is -0.883. The van der Waals surface area contributed by atoms with Gasteiger partial charge in [-0.05, 0) is 44.9 Å². The maximum absolute atomic E-state index is 12.9. The van der Waals surface area contributed by atoms with Gasteiger partial charge >= 0.3 is 0 Å². The van der Waals surface area contributed by atoms with Crippen molar-refractivity contribution in [3.05, 3.63) is 24.3 Å². The van der Waals surface area contributed by atoms with Crippen molar-refractivity contribution in [3.8, 4) is 0 Å². The third-order valence-electron chi connectivity index (χ3n) is 12.9. The molecule has 0 spiro atoms. The van der Waals surface area contributed by atoms with E-state index >= 15 is 0 Å². The molecule has 386 valence electrons. The highest BCUT2D eigenvalue weighted by atomic mass is 31.2. The molecule has 65 heavy (non-hydrogen) atoms. The highest BCUT2D eigenvalue weighted by molar-refractivity contribution is 7.45. The number of phosphoric ester groups is 1. The minimum Gasteiger partial charge on any atom is -0.756 e. The molecule has 0 fully saturated rings. The third-order valence-corrected chi connectivity index (χ3v) is 13.9. The fraction of sp³-hybridized carbons (Fsp3) is 0.911. The summed E-state index contributed by atoms with van der Waals surface area (Å²) in [6.45, 7) is 4.67. The number of unbranched alkanes of at least 4 members (excludes halogenated alkanes) is 37. The van der Waals surface area contributed by atoms with Crippen molar-refractivity contribution < 1.29 is 32.9 Å². The molecule has 0 heterocycles. The number of carbonyl (C=O) groups excluding carboxylic acids is 1. The van der Waals surface area contributed by atoms with Crippen molar-refractivity contribution in [2.24, 2.45) is 0 Å². The molecule has 3 atom stereocenters. The molecule has 0 aliphatic carbocycles. The van der Waals surface area contributed by atoms with Gasteiger partial charge in [0.1, 0.15) is 13.2 Å². The Morgan fingerprint density at radius 1 is 0.523 bits per heavy atom. The predicted molar refractivity (Wildman–Crippen MR) is 279 cm³/mol. The molecular formula is C56H111N2O6P. The van der Waals surface area contributed by atoms with Crippen LogP contribution in [0, 0.1) is 0 Å². The lowest BCUT2D eigenvalue weighted by Gasteiger charge is -2.29. The van der Waals surface area contributed by atoms with Crippen molar-refractivity contribution in [1.29, 1.82) is 0 Å². The second-order valence-electron chi connectivity index (χ2n) is 20.6. The van der Waals surface area contributed by atoms with Crippen LogP contribution in [0.5, 0.6) is 0 Å². The zero-order chi connectivity index (χ0) is 47.8. The Hall–Kier alpha value is -1.02. The van der Waals surface area contributed by atoms with Gasteiger partial charge in [0.2, 0.25) is 5.91 Å². The second kappa shape index (κ2) is 48.0. The Labute approximate surface area is 404 Å². The quantitative estimate of drug-likeness (QED) is 0.0272. The smallest absolute Gasteiger partial charge is 0.268 e. The molecule has 0 saturated heterocycles. The average Bonchev–Trinajstić information content (AvgIpc) is 3.26. The largest absolute Gasteiger partial charge is 0.756 e. The van der Waals surface area contributed by atoms with Gasteiger partial charge in [-0.2, -0.15) is 0 Å². The molecule has 0 aliphatic rings. The van der Waals surface area contributed by atoms with Crippen molar-refractivity contribution >= 4 is 13.7 Å². The molecule has 0 rings (SSSR count). The number of amides is 1. The molecule has 0 radical (unpaired) electrons. The Morgan fingerprint density at radius 3 is 1.20 bits per heavy atom. The molecule has 0 aromatic heterocycles. The van der Waals surface area contributed by atoms with E-state index in [1.165, 1.54) is 218 Å². The molecule has 0 bridgehead atoms. The van der Waals surface area contributed by atoms with Crippen LogP contribution < -0.4 is 10.2 Å². The number of aliphatic hydroxyl groups is 1. The van der Waals surface area contributed by atoms with Crippen LogP contribution in [-0.4, -0.2) is 68.5 Å². The monoisotopic (exact) mass is 939 g/mol. The minimum atomic E-state index is -4.59. The third kappa shape index (κ3) is 50.7. The van der Waals surface area contributed by atoms with E-state index in [9.17, 15) is 19.4 Å². The van der Waals surface area contributed by atoms with Crippen LogP contribution in [0.3, 0.4) is 0 Å². The van der Waals surface area contributed by atoms with Gasteiger partial charge in [0, 0.05) is 6.42 Å². The van der Waals surface area contributed by atoms with Gasteiger partial charge in [-0.15, -0.1) is 0 Å². The Bertz CT molecular complexity index is 1110. The highest BCUT2D eigenvalue weighted by Gasteiger charge is 2.23. The topological polar surface area (TPSA) is 108 Å². The zero-order valence-corrected chi connectivity index (χ0v) is 44.9. The van der Waals surface area contributed by atoms with Crippen LogP contribution in [-0.2, 0) is 18.4 Å². The first-order valence-electron chi connectivity index (χ1n) is 28.2. The number of aliphatic hydroxyl groups excluding tert-OH is 1. The number of nitrogens with one attached hydrogen (secondary N) is 1. The molecule has 1 amide bonds. The van der Waals surface area contributed by atoms with E-state index in [4.69, 9.17) is 9.05 Å². The van der Waals surface area contributed by atoms with Gasteiger partial charge in [-0.3, -0.25) is 9.36 Å². The van der Waals surface area contributed by atoms with Gasteiger partial charge < -0.3 is 28.8 Å². The predicted octanol–water partition coefficient (Wildman–Crippen LogP) is 16.2. The lowest BCUT2D eigenvalue weighted by atomic mass is 10.0. The Morgan fingerprint density at radius 2 is 0.846 bits per heavy atom. The van der Waals surface area contributed by atoms with E-state index in [0.717, 1.165) is 38.5 Å². The van der Waals surface area contributed by atoms with Gasteiger partial charge in [-0.1, -0.05) is 250 Å². The summed E-state index contributed by atoms with van der Waals surface area (Å²) < 4.78 is 23.3. The first-order valence-corrected chi connectivity index (χ1v) is 29.7. The molecular weight excluding hydrogens is 828 g/mol. The van der Waals surface area contributed by atoms with Gasteiger partial charge in [0.15, 0.2) is 0 Å². The molecule has 0 aromatic carbocycles. The number of allylic oxidation sites excluding steroid dienone is 3. The lowest BCUT2D eigenvalue weighted by Crippen LogP contribution is -2.45. The number of likely N-dealkylation sites (N-methyl/N-ethyl adjacent to an activating group) is 1. The summed E-state index contributed by atoms with van der Waals surface area (Å²) >= 11 is 0. The summed E-state index contributed by atoms with van der Waals surface area (Å²) in [4.78, 5) is 25.4. The fourth-order valence-electron chi connectivity index (χ4n) is 8.44. The standard InChI is InChI=1S/C56H111N2O6P/c1-6-8-10-12-14-16-18-20-22-23-24-25-26-27-28-29-30-31-32-33-34-35-36-38-40-42-44-46-48-50-56(60)57-54(53-64-65(61,62)63-52-51-58(3,4)5)55(59)49-47-45-43-41-39-37-21-19-17-15-13-11-9-7-2/h23-24,47,49,54-55,59H,6-22,25-46,48,50-53H2,1-5H3,(H-,57,60,61,62)/b24-23-,49-47+. The van der Waals surface area contributed by atoms with Crippen LogP contribution in [0.2, 0.25) is 0 Å². The zero-order valence-electron chi connectivity index (χ0n) is 44.0. The summed E-state index contributed by atoms with van der Waals surface area (Å²) in [7, 11) is 1.27. The van der Waals surface area contributed by atoms with E-state index in [2.05, 4.69) is 31.3 Å². The molecule has 9 heteroatoms. The van der Waals surface area contributed by atoms with Crippen molar-refractivity contribution in [3.63, 3.8) is 0 Å². The molecule has 2 N–H and O–H groups in total. The first-order chi connectivity index (χ1) is 31.5. The van der Waals surface area contributed by atoms with Gasteiger partial charge in [0.05, 0.1) is 39.9 Å². The number of carbonyl (C=O) groups is 1. The van der Waals surface area contributed by atoms with E-state index in [-0.39, 0.29) is 19.1 Å². The molecule has 8 nitrogen and oxygen atoms in total. The van der Waals surface area contributed by atoms with Crippen LogP contribution in [0.4, 0.5) is 0 Å². The minimum absolute atomic E-state index is 0.00122. The fourth-order valence-corrected chi connectivity index (χ4v) is 9.17. The van der Waals surface area contributed by atoms with E-state index in [1.54, 1.807) is 6.08 Å². The van der Waals surface area contributed by atoms with E-state index < -0.39 is 20.0 Å². The Kier molecular flexibility index (Phi) is 47.3. The number of hydrogen-bond acceptors (Lipinski definition) is 6. The number of quaternary nitrogens is 1. The van der Waals surface area contributed by atoms with Crippen LogP contribution in [0.1, 0.15) is 277 Å². The highest BCUT2D eigenvalue weighted by Crippen LogP contribution is 2.38. The normalized spacial score (nSPS) is 14.1. The van der Waals surface area contributed by atoms with Crippen LogP contribution >= 0.6 is 7.82 Å². The second-order valence-corrected chi connectivity index (χ2v) is 22.1. The van der Waals surface area contributed by atoms with E-state index in [1.807, 2.05) is 27.2 Å². The van der Waals surface area contributed by atoms with Crippen LogP contribution in [0.15, 0.2) is 24.3 Å². The number of rotatable bonds is 52. The van der Waals surface area contributed by atoms with Crippen molar-refractivity contribution in [2.45, 2.75) is 289 Å². The summed E-state index contributed by atoms with van der Waals surface area (Å²) in [6.07, 6.45) is 59.7. The molecule has 0 aromatic rings. The van der Waals surface area contributed by atoms with Gasteiger partial charge in [0.25, 0.3) is 7.82 Å². The van der Waals surface area contributed by atoms with Crippen LogP contribution in [0.25, 0.3) is 0 Å². The summed E-state index contributed by atoms with van der Waals surface area (Å²) in [5.74, 6) is -0.193. The maximum Gasteiger partial charge on any atom is 0.268 e. The molecule has 0 saturated carbocycles. The summed E-state index contributed by atoms with van der Waals surface area (Å²) in [5.41, 5.74) is 0. The Balaban J connectivity index is 4.08. The van der Waals surface area contributed by atoms with Crippen molar-refractivity contribution in [1.82, 2.24) is 5.32 Å². The SMILES string of the molecule is CCCCCCCCCC/C=C\CCCCCCCCCCCCCCCCCCCC(=O)NC(COP(=O)([O-])OCC[N+](C)(C)C)C(O)/C=C/CCCCCCCCCCCCCC.